The van der Waals surface area contributed by atoms with Crippen LogP contribution in [-0.2, 0) is 11.3 Å². The number of aryl methyl sites for hydroxylation is 1. The number of rotatable bonds is 6. The highest BCUT2D eigenvalue weighted by Crippen LogP contribution is 2.25. The Labute approximate surface area is 151 Å². The van der Waals surface area contributed by atoms with Gasteiger partial charge in [0, 0.05) is 58.3 Å². The summed E-state index contributed by atoms with van der Waals surface area (Å²) < 4.78 is 1.79. The number of carbonyl (C=O) groups excluding carboxylic acids is 1. The Morgan fingerprint density at radius 1 is 1.16 bits per heavy atom. The molecule has 2 fully saturated rings. The molecule has 1 atom stereocenters. The summed E-state index contributed by atoms with van der Waals surface area (Å²) in [6.07, 6.45) is 6.97. The molecule has 0 spiro atoms. The van der Waals surface area contributed by atoms with Gasteiger partial charge < -0.3 is 9.80 Å². The van der Waals surface area contributed by atoms with Crippen LogP contribution < -0.4 is 0 Å². The van der Waals surface area contributed by atoms with Crippen LogP contribution in [0, 0.1) is 5.92 Å². The Hall–Kier alpha value is -1.47. The van der Waals surface area contributed by atoms with Crippen molar-refractivity contribution in [2.24, 2.45) is 5.92 Å². The van der Waals surface area contributed by atoms with Crippen LogP contribution >= 0.6 is 0 Å². The first kappa shape index (κ1) is 18.3. The first-order chi connectivity index (χ1) is 12.1. The van der Waals surface area contributed by atoms with Crippen molar-refractivity contribution < 1.29 is 4.79 Å². The minimum Gasteiger partial charge on any atom is -0.343 e. The number of likely N-dealkylation sites (N-methyl/N-ethyl adjacent to an activating group) is 1. The van der Waals surface area contributed by atoms with Crippen LogP contribution in [0.2, 0.25) is 0 Å². The van der Waals surface area contributed by atoms with Gasteiger partial charge in [0.2, 0.25) is 5.91 Å². The fraction of sp³-hybridized carbons (Fsp3) is 0.833. The van der Waals surface area contributed by atoms with E-state index in [1.165, 1.54) is 32.5 Å². The fourth-order valence-electron chi connectivity index (χ4n) is 4.06. The average Bonchev–Trinajstić information content (AvgIpc) is 3.15. The van der Waals surface area contributed by atoms with Gasteiger partial charge in [-0.2, -0.15) is 5.10 Å². The number of hydrogen-bond donors (Lipinski definition) is 0. The standard InChI is InChI=1S/C18H32N6O/c1-16(22-12-10-21(2)11-13-22)17-5-8-23(9-6-17)18(25)4-3-7-24-15-19-14-20-24/h14-17H,3-13H2,1-2H3/t16-/m1/s1. The van der Waals surface area contributed by atoms with Gasteiger partial charge in [-0.25, -0.2) is 4.98 Å². The molecule has 0 unspecified atom stereocenters. The van der Waals surface area contributed by atoms with Gasteiger partial charge in [0.1, 0.15) is 12.7 Å². The average molecular weight is 348 g/mol. The molecule has 2 saturated heterocycles. The van der Waals surface area contributed by atoms with Gasteiger partial charge in [-0.05, 0) is 39.2 Å². The molecule has 1 aromatic rings. The third kappa shape index (κ3) is 5.01. The van der Waals surface area contributed by atoms with Crippen molar-refractivity contribution in [3.05, 3.63) is 12.7 Å². The maximum Gasteiger partial charge on any atom is 0.222 e. The Balaban J connectivity index is 1.36. The van der Waals surface area contributed by atoms with E-state index in [1.807, 2.05) is 0 Å². The second-order valence-corrected chi connectivity index (χ2v) is 7.56. The van der Waals surface area contributed by atoms with Gasteiger partial charge in [0.15, 0.2) is 0 Å². The lowest BCUT2D eigenvalue weighted by atomic mass is 9.89. The molecular formula is C18H32N6O. The molecule has 0 radical (unpaired) electrons. The molecule has 140 valence electrons. The van der Waals surface area contributed by atoms with E-state index in [4.69, 9.17) is 0 Å². The zero-order valence-corrected chi connectivity index (χ0v) is 15.7. The Bertz CT molecular complexity index is 518. The lowest BCUT2D eigenvalue weighted by molar-refractivity contribution is -0.133. The number of hydrogen-bond acceptors (Lipinski definition) is 5. The van der Waals surface area contributed by atoms with Crippen molar-refractivity contribution in [2.45, 2.75) is 45.2 Å². The number of piperazine rings is 1. The second kappa shape index (κ2) is 8.76. The van der Waals surface area contributed by atoms with E-state index in [1.54, 1.807) is 11.0 Å². The molecule has 0 aromatic carbocycles. The van der Waals surface area contributed by atoms with Crippen molar-refractivity contribution in [1.29, 1.82) is 0 Å². The van der Waals surface area contributed by atoms with Crippen molar-refractivity contribution in [1.82, 2.24) is 29.5 Å². The molecule has 1 aromatic heterocycles. The number of aromatic nitrogens is 3. The summed E-state index contributed by atoms with van der Waals surface area (Å²) in [5, 5.41) is 4.08. The third-order valence-corrected chi connectivity index (χ3v) is 5.93. The monoisotopic (exact) mass is 348 g/mol. The van der Waals surface area contributed by atoms with E-state index in [2.05, 4.69) is 38.8 Å². The molecule has 7 heteroatoms. The summed E-state index contributed by atoms with van der Waals surface area (Å²) >= 11 is 0. The Morgan fingerprint density at radius 2 is 1.88 bits per heavy atom. The zero-order chi connectivity index (χ0) is 17.6. The van der Waals surface area contributed by atoms with Crippen molar-refractivity contribution in [3.63, 3.8) is 0 Å². The number of nitrogens with zero attached hydrogens (tertiary/aromatic N) is 6. The summed E-state index contributed by atoms with van der Waals surface area (Å²) in [6.45, 7) is 9.70. The minimum absolute atomic E-state index is 0.297. The van der Waals surface area contributed by atoms with Crippen molar-refractivity contribution in [3.8, 4) is 0 Å². The summed E-state index contributed by atoms with van der Waals surface area (Å²) in [5.41, 5.74) is 0. The molecule has 0 N–H and O–H groups in total. The third-order valence-electron chi connectivity index (χ3n) is 5.93. The highest BCUT2D eigenvalue weighted by molar-refractivity contribution is 5.76. The number of carbonyl (C=O) groups is 1. The zero-order valence-electron chi connectivity index (χ0n) is 15.7. The molecule has 3 rings (SSSR count). The molecule has 25 heavy (non-hydrogen) atoms. The Morgan fingerprint density at radius 3 is 2.52 bits per heavy atom. The van der Waals surface area contributed by atoms with E-state index in [0.717, 1.165) is 44.8 Å². The molecule has 7 nitrogen and oxygen atoms in total. The molecule has 2 aliphatic heterocycles. The largest absolute Gasteiger partial charge is 0.343 e. The van der Waals surface area contributed by atoms with Crippen LogP contribution in [0.3, 0.4) is 0 Å². The molecular weight excluding hydrogens is 316 g/mol. The maximum atomic E-state index is 12.4. The van der Waals surface area contributed by atoms with Crippen LogP contribution in [0.25, 0.3) is 0 Å². The fourth-order valence-corrected chi connectivity index (χ4v) is 4.06. The molecule has 3 heterocycles. The van der Waals surface area contributed by atoms with Gasteiger partial charge in [-0.1, -0.05) is 0 Å². The predicted octanol–water partition coefficient (Wildman–Crippen LogP) is 0.933. The smallest absolute Gasteiger partial charge is 0.222 e. The lowest BCUT2D eigenvalue weighted by Gasteiger charge is -2.42. The van der Waals surface area contributed by atoms with Gasteiger partial charge >= 0.3 is 0 Å². The van der Waals surface area contributed by atoms with E-state index >= 15 is 0 Å². The summed E-state index contributed by atoms with van der Waals surface area (Å²) in [6, 6.07) is 0.637. The van der Waals surface area contributed by atoms with E-state index in [9.17, 15) is 4.79 Å². The van der Waals surface area contributed by atoms with Crippen LogP contribution in [-0.4, -0.2) is 87.7 Å². The van der Waals surface area contributed by atoms with E-state index < -0.39 is 0 Å². The van der Waals surface area contributed by atoms with E-state index in [0.29, 0.717) is 18.4 Å². The van der Waals surface area contributed by atoms with Crippen molar-refractivity contribution in [2.75, 3.05) is 46.3 Å². The highest BCUT2D eigenvalue weighted by atomic mass is 16.2. The topological polar surface area (TPSA) is 57.5 Å². The van der Waals surface area contributed by atoms with Crippen LogP contribution in [0.1, 0.15) is 32.6 Å². The van der Waals surface area contributed by atoms with Gasteiger partial charge in [-0.3, -0.25) is 14.4 Å². The van der Waals surface area contributed by atoms with Crippen LogP contribution in [0.5, 0.6) is 0 Å². The SMILES string of the molecule is C[C@H](C1CCN(C(=O)CCCn2cncn2)CC1)N1CCN(C)CC1. The quantitative estimate of drug-likeness (QED) is 0.766. The maximum absolute atomic E-state index is 12.4. The normalized spacial score (nSPS) is 22.2. The highest BCUT2D eigenvalue weighted by Gasteiger charge is 2.30. The van der Waals surface area contributed by atoms with Crippen molar-refractivity contribution >= 4 is 5.91 Å². The molecule has 1 amide bonds. The summed E-state index contributed by atoms with van der Waals surface area (Å²) in [4.78, 5) is 23.4. The first-order valence-corrected chi connectivity index (χ1v) is 9.66. The number of amides is 1. The lowest BCUT2D eigenvalue weighted by Crippen LogP contribution is -2.52. The molecule has 2 aliphatic rings. The minimum atomic E-state index is 0.297. The number of piperidine rings is 1. The summed E-state index contributed by atoms with van der Waals surface area (Å²) in [5.74, 6) is 1.02. The van der Waals surface area contributed by atoms with Gasteiger partial charge in [-0.15, -0.1) is 0 Å². The second-order valence-electron chi connectivity index (χ2n) is 7.56. The predicted molar refractivity (Wildman–Crippen MR) is 97.1 cm³/mol. The van der Waals surface area contributed by atoms with Crippen LogP contribution in [0.4, 0.5) is 0 Å². The Kier molecular flexibility index (Phi) is 6.42. The molecule has 0 saturated carbocycles. The molecule has 0 bridgehead atoms. The number of likely N-dealkylation sites (tertiary alicyclic amines) is 1. The summed E-state index contributed by atoms with van der Waals surface area (Å²) in [7, 11) is 2.20. The first-order valence-electron chi connectivity index (χ1n) is 9.66. The van der Waals surface area contributed by atoms with Gasteiger partial charge in [0.05, 0.1) is 0 Å². The van der Waals surface area contributed by atoms with Crippen LogP contribution in [0.15, 0.2) is 12.7 Å². The van der Waals surface area contributed by atoms with Gasteiger partial charge in [0.25, 0.3) is 0 Å². The van der Waals surface area contributed by atoms with E-state index in [-0.39, 0.29) is 0 Å². The molecule has 0 aliphatic carbocycles.